The maximum absolute atomic E-state index is 14.5. The van der Waals surface area contributed by atoms with Crippen LogP contribution < -0.4 is 16.0 Å². The zero-order chi connectivity index (χ0) is 20.9. The molecule has 8 nitrogen and oxygen atoms in total. The Hall–Kier alpha value is -3.23. The van der Waals surface area contributed by atoms with Crippen LogP contribution in [0.5, 0.6) is 0 Å². The van der Waals surface area contributed by atoms with Crippen LogP contribution >= 0.6 is 0 Å². The first-order valence-electron chi connectivity index (χ1n) is 10.4. The minimum atomic E-state index is -0.517. The lowest BCUT2D eigenvalue weighted by molar-refractivity contribution is 0.230. The zero-order valence-electron chi connectivity index (χ0n) is 16.9. The predicted molar refractivity (Wildman–Crippen MR) is 114 cm³/mol. The fourth-order valence-corrected chi connectivity index (χ4v) is 3.85. The molecule has 3 heterocycles. The quantitative estimate of drug-likeness (QED) is 0.496. The molecule has 0 aromatic carbocycles. The first-order valence-corrected chi connectivity index (χ1v) is 10.4. The molecular formula is C21H26FN7O. The van der Waals surface area contributed by atoms with Crippen molar-refractivity contribution in [3.05, 3.63) is 36.5 Å². The Morgan fingerprint density at radius 2 is 2.10 bits per heavy atom. The Kier molecular flexibility index (Phi) is 6.06. The second-order valence-electron chi connectivity index (χ2n) is 7.53. The Bertz CT molecular complexity index is 1020. The molecule has 0 radical (unpaired) electrons. The molecular weight excluding hydrogens is 385 g/mol. The van der Waals surface area contributed by atoms with Gasteiger partial charge in [-0.25, -0.2) is 24.1 Å². The zero-order valence-corrected chi connectivity index (χ0v) is 16.9. The molecule has 9 heteroatoms. The van der Waals surface area contributed by atoms with E-state index in [4.69, 9.17) is 0 Å². The molecule has 0 spiro atoms. The number of anilines is 1. The number of halogens is 1. The molecule has 4 N–H and O–H groups in total. The number of amides is 2. The molecule has 1 fully saturated rings. The van der Waals surface area contributed by atoms with Gasteiger partial charge in [0.2, 0.25) is 0 Å². The van der Waals surface area contributed by atoms with E-state index < -0.39 is 5.82 Å². The van der Waals surface area contributed by atoms with Gasteiger partial charge in [0.1, 0.15) is 5.65 Å². The van der Waals surface area contributed by atoms with Gasteiger partial charge in [-0.1, -0.05) is 19.8 Å². The van der Waals surface area contributed by atoms with Crippen molar-refractivity contribution < 1.29 is 9.18 Å². The van der Waals surface area contributed by atoms with Crippen LogP contribution in [0.25, 0.3) is 22.4 Å². The van der Waals surface area contributed by atoms with Crippen molar-refractivity contribution in [2.45, 2.75) is 51.1 Å². The minimum Gasteiger partial charge on any atom is -0.363 e. The maximum atomic E-state index is 14.5. The van der Waals surface area contributed by atoms with Gasteiger partial charge in [0.15, 0.2) is 17.5 Å². The van der Waals surface area contributed by atoms with E-state index in [-0.39, 0.29) is 23.9 Å². The van der Waals surface area contributed by atoms with E-state index in [0.29, 0.717) is 12.4 Å². The number of urea groups is 1. The van der Waals surface area contributed by atoms with Gasteiger partial charge in [-0.2, -0.15) is 0 Å². The molecule has 3 aromatic heterocycles. The number of fused-ring (bicyclic) bond motifs is 1. The fraction of sp³-hybridized carbons (Fsp3) is 0.429. The summed E-state index contributed by atoms with van der Waals surface area (Å²) in [6.07, 6.45) is 9.24. The number of nitrogens with one attached hydrogen (secondary N) is 4. The summed E-state index contributed by atoms with van der Waals surface area (Å²) in [6.45, 7) is 2.63. The second-order valence-corrected chi connectivity index (χ2v) is 7.53. The van der Waals surface area contributed by atoms with E-state index >= 15 is 0 Å². The molecule has 1 aliphatic carbocycles. The van der Waals surface area contributed by atoms with Gasteiger partial charge in [-0.15, -0.1) is 0 Å². The summed E-state index contributed by atoms with van der Waals surface area (Å²) in [5.74, 6) is 0.0431. The van der Waals surface area contributed by atoms with E-state index in [0.717, 1.165) is 48.7 Å². The number of carbonyl (C=O) groups excluding carboxylic acids is 1. The molecule has 158 valence electrons. The van der Waals surface area contributed by atoms with Crippen LogP contribution in [0.2, 0.25) is 0 Å². The molecule has 4 rings (SSSR count). The molecule has 0 saturated heterocycles. The maximum Gasteiger partial charge on any atom is 0.315 e. The van der Waals surface area contributed by atoms with Crippen LogP contribution in [0.15, 0.2) is 30.7 Å². The van der Waals surface area contributed by atoms with Gasteiger partial charge < -0.3 is 20.9 Å². The second kappa shape index (κ2) is 9.06. The van der Waals surface area contributed by atoms with Crippen molar-refractivity contribution in [1.82, 2.24) is 30.6 Å². The molecule has 1 aliphatic rings. The molecule has 3 aromatic rings. The summed E-state index contributed by atoms with van der Waals surface area (Å²) < 4.78 is 14.5. The highest BCUT2D eigenvalue weighted by Crippen LogP contribution is 2.27. The Labute approximate surface area is 174 Å². The molecule has 2 amide bonds. The highest BCUT2D eigenvalue weighted by atomic mass is 19.1. The van der Waals surface area contributed by atoms with E-state index in [1.54, 1.807) is 12.4 Å². The number of aromatic amines is 1. The predicted octanol–water partition coefficient (Wildman–Crippen LogP) is 3.59. The van der Waals surface area contributed by atoms with Gasteiger partial charge >= 0.3 is 6.03 Å². The molecule has 30 heavy (non-hydrogen) atoms. The summed E-state index contributed by atoms with van der Waals surface area (Å²) in [7, 11) is 0. The summed E-state index contributed by atoms with van der Waals surface area (Å²) in [5, 5.41) is 9.94. The smallest absolute Gasteiger partial charge is 0.315 e. The number of pyridine rings is 1. The third-order valence-electron chi connectivity index (χ3n) is 5.38. The highest BCUT2D eigenvalue weighted by molar-refractivity contribution is 5.91. The molecule has 0 bridgehead atoms. The number of carbonyl (C=O) groups is 1. The van der Waals surface area contributed by atoms with E-state index in [2.05, 4.69) is 35.9 Å². The third-order valence-corrected chi connectivity index (χ3v) is 5.38. The average molecular weight is 411 g/mol. The van der Waals surface area contributed by atoms with Crippen molar-refractivity contribution in [1.29, 1.82) is 0 Å². The lowest BCUT2D eigenvalue weighted by Crippen LogP contribution is -2.51. The largest absolute Gasteiger partial charge is 0.363 e. The summed E-state index contributed by atoms with van der Waals surface area (Å²) in [6, 6.07) is 3.37. The van der Waals surface area contributed by atoms with Crippen LogP contribution in [-0.2, 0) is 0 Å². The fourth-order valence-electron chi connectivity index (χ4n) is 3.85. The minimum absolute atomic E-state index is 0.0919. The Morgan fingerprint density at radius 3 is 2.93 bits per heavy atom. The summed E-state index contributed by atoms with van der Waals surface area (Å²) in [4.78, 5) is 28.1. The van der Waals surface area contributed by atoms with Crippen molar-refractivity contribution in [3.8, 4) is 11.4 Å². The molecule has 0 aliphatic heterocycles. The van der Waals surface area contributed by atoms with Gasteiger partial charge in [0.25, 0.3) is 0 Å². The van der Waals surface area contributed by atoms with E-state index in [9.17, 15) is 9.18 Å². The number of hydrogen-bond acceptors (Lipinski definition) is 5. The molecule has 2 atom stereocenters. The van der Waals surface area contributed by atoms with Crippen molar-refractivity contribution >= 4 is 22.9 Å². The molecule has 1 unspecified atom stereocenters. The van der Waals surface area contributed by atoms with Crippen LogP contribution in [-0.4, -0.2) is 44.6 Å². The normalized spacial score (nSPS) is 18.9. The summed E-state index contributed by atoms with van der Waals surface area (Å²) in [5.41, 5.74) is 1.49. The Balaban J connectivity index is 1.54. The first-order chi connectivity index (χ1) is 14.7. The van der Waals surface area contributed by atoms with E-state index in [1.807, 2.05) is 19.1 Å². The lowest BCUT2D eigenvalue weighted by Gasteiger charge is -2.33. The average Bonchev–Trinajstić information content (AvgIpc) is 3.19. The highest BCUT2D eigenvalue weighted by Gasteiger charge is 2.28. The third kappa shape index (κ3) is 4.34. The number of H-pyrrole nitrogens is 1. The van der Waals surface area contributed by atoms with Crippen molar-refractivity contribution in [2.24, 2.45) is 0 Å². The molecule has 1 saturated carbocycles. The van der Waals surface area contributed by atoms with E-state index in [1.165, 1.54) is 6.20 Å². The SMILES string of the molecule is CCCNC(=O)N[C@@H]1CCCCC1Nc1nc(-c2c[nH]c3ncccc23)ncc1F. The summed E-state index contributed by atoms with van der Waals surface area (Å²) >= 11 is 0. The first kappa shape index (κ1) is 20.1. The van der Waals surface area contributed by atoms with Crippen molar-refractivity contribution in [3.63, 3.8) is 0 Å². The van der Waals surface area contributed by atoms with Crippen LogP contribution in [0.4, 0.5) is 15.0 Å². The van der Waals surface area contributed by atoms with Crippen LogP contribution in [0.1, 0.15) is 39.0 Å². The van der Waals surface area contributed by atoms with Crippen LogP contribution in [0, 0.1) is 5.82 Å². The van der Waals surface area contributed by atoms with Crippen molar-refractivity contribution in [2.75, 3.05) is 11.9 Å². The van der Waals surface area contributed by atoms with Crippen LogP contribution in [0.3, 0.4) is 0 Å². The number of nitrogens with zero attached hydrogens (tertiary/aromatic N) is 3. The van der Waals surface area contributed by atoms with Gasteiger partial charge in [-0.05, 0) is 31.4 Å². The monoisotopic (exact) mass is 411 g/mol. The van der Waals surface area contributed by atoms with Gasteiger partial charge in [-0.3, -0.25) is 0 Å². The Morgan fingerprint density at radius 1 is 1.27 bits per heavy atom. The lowest BCUT2D eigenvalue weighted by atomic mass is 9.90. The number of hydrogen-bond donors (Lipinski definition) is 4. The van der Waals surface area contributed by atoms with Gasteiger partial charge in [0, 0.05) is 35.9 Å². The number of rotatable bonds is 6. The standard InChI is InChI=1S/C21H26FN7O/c1-2-9-24-21(30)28-17-8-4-3-7-16(17)27-20-15(22)12-26-19(29-20)14-11-25-18-13(14)6-5-10-23-18/h5-6,10-12,16-17H,2-4,7-9H2,1H3,(H,23,25)(H2,24,28,30)(H,26,27,29)/t16?,17-/m1/s1. The topological polar surface area (TPSA) is 108 Å². The van der Waals surface area contributed by atoms with Gasteiger partial charge in [0.05, 0.1) is 12.2 Å². The number of aromatic nitrogens is 4.